The first kappa shape index (κ1) is 43.1. The third kappa shape index (κ3) is 11.7. The van der Waals surface area contributed by atoms with Gasteiger partial charge < -0.3 is 20.1 Å². The van der Waals surface area contributed by atoms with Gasteiger partial charge in [-0.1, -0.05) is 29.8 Å². The van der Waals surface area contributed by atoms with Crippen LogP contribution in [0.5, 0.6) is 17.2 Å². The average molecular weight is 845 g/mol. The Morgan fingerprint density at radius 2 is 1.12 bits per heavy atom. The van der Waals surface area contributed by atoms with Crippen molar-refractivity contribution in [1.82, 2.24) is 0 Å². The largest absolute Gasteiger partial charge is 0.493 e. The molecule has 0 radical (unpaired) electrons. The Labute approximate surface area is 320 Å². The summed E-state index contributed by atoms with van der Waals surface area (Å²) in [6.07, 6.45) is -9.26. The molecule has 12 nitrogen and oxygen atoms in total. The van der Waals surface area contributed by atoms with Gasteiger partial charge in [-0.25, -0.2) is 27.1 Å². The van der Waals surface area contributed by atoms with Crippen LogP contribution in [0.1, 0.15) is 31.8 Å². The van der Waals surface area contributed by atoms with Crippen LogP contribution in [-0.4, -0.2) is 35.8 Å². The summed E-state index contributed by atoms with van der Waals surface area (Å²) in [6, 6.07) is 20.6. The van der Waals surface area contributed by atoms with E-state index in [1.54, 1.807) is 0 Å². The summed E-state index contributed by atoms with van der Waals surface area (Å²) in [5.74, 6) is -1.91. The molecule has 2 amide bonds. The SMILES string of the molecule is COc1cc(Cl)ccc1Oc1cc(C(F)(F)F)ccc1C(=O)Nc1cccc(S(N)(=O)=O)c1.NS(=O)(=O)c1cccc(NC(=O)c2cccc(C(F)(F)F)c2)c1. The van der Waals surface area contributed by atoms with Gasteiger partial charge in [-0.2, -0.15) is 26.3 Å². The summed E-state index contributed by atoms with van der Waals surface area (Å²) in [5.41, 5.74) is -2.30. The summed E-state index contributed by atoms with van der Waals surface area (Å²) in [6.45, 7) is 0. The number of alkyl halides is 6. The number of primary sulfonamides is 2. The van der Waals surface area contributed by atoms with E-state index >= 15 is 0 Å². The Hall–Kier alpha value is -5.67. The molecular weight excluding hydrogens is 818 g/mol. The molecule has 6 N–H and O–H groups in total. The van der Waals surface area contributed by atoms with Crippen LogP contribution in [0.4, 0.5) is 37.7 Å². The van der Waals surface area contributed by atoms with Crippen LogP contribution in [0.3, 0.4) is 0 Å². The fraction of sp³-hybridized carbons (Fsp3) is 0.0857. The van der Waals surface area contributed by atoms with E-state index in [9.17, 15) is 52.8 Å². The minimum absolute atomic E-state index is 0.0199. The highest BCUT2D eigenvalue weighted by atomic mass is 35.5. The summed E-state index contributed by atoms with van der Waals surface area (Å²) >= 11 is 5.90. The first-order chi connectivity index (χ1) is 25.9. The molecule has 0 saturated carbocycles. The molecule has 296 valence electrons. The quantitative estimate of drug-likeness (QED) is 0.108. The molecule has 0 atom stereocenters. The van der Waals surface area contributed by atoms with Crippen molar-refractivity contribution >= 4 is 54.8 Å². The molecule has 0 spiro atoms. The molecule has 56 heavy (non-hydrogen) atoms. The number of benzene rings is 5. The Morgan fingerprint density at radius 3 is 1.64 bits per heavy atom. The second kappa shape index (κ2) is 17.0. The number of hydrogen-bond acceptors (Lipinski definition) is 8. The number of halogens is 7. The predicted octanol–water partition coefficient (Wildman–Crippen LogP) is 7.66. The number of carbonyl (C=O) groups excluding carboxylic acids is 2. The lowest BCUT2D eigenvalue weighted by atomic mass is 10.1. The molecule has 0 saturated heterocycles. The number of nitrogens with two attached hydrogens (primary N) is 2. The fourth-order valence-electron chi connectivity index (χ4n) is 4.56. The van der Waals surface area contributed by atoms with Crippen molar-refractivity contribution in [2.75, 3.05) is 17.7 Å². The van der Waals surface area contributed by atoms with E-state index < -0.39 is 61.1 Å². The van der Waals surface area contributed by atoms with Crippen LogP contribution in [0, 0.1) is 0 Å². The summed E-state index contributed by atoms with van der Waals surface area (Å²) in [5, 5.41) is 15.1. The van der Waals surface area contributed by atoms with Crippen molar-refractivity contribution in [2.24, 2.45) is 10.3 Å². The lowest BCUT2D eigenvalue weighted by Crippen LogP contribution is -2.16. The lowest BCUT2D eigenvalue weighted by Gasteiger charge is -2.16. The minimum Gasteiger partial charge on any atom is -0.493 e. The summed E-state index contributed by atoms with van der Waals surface area (Å²) in [7, 11) is -6.67. The van der Waals surface area contributed by atoms with E-state index in [0.29, 0.717) is 17.2 Å². The van der Waals surface area contributed by atoms with Gasteiger partial charge in [0.2, 0.25) is 20.0 Å². The van der Waals surface area contributed by atoms with Gasteiger partial charge in [0, 0.05) is 28.0 Å². The zero-order chi connectivity index (χ0) is 41.6. The smallest absolute Gasteiger partial charge is 0.416 e. The highest BCUT2D eigenvalue weighted by Gasteiger charge is 2.33. The maximum Gasteiger partial charge on any atom is 0.416 e. The Bertz CT molecular complexity index is 2500. The molecule has 0 aliphatic carbocycles. The third-order valence-corrected chi connectivity index (χ3v) is 9.25. The van der Waals surface area contributed by atoms with Crippen LogP contribution >= 0.6 is 11.6 Å². The minimum atomic E-state index is -4.69. The maximum absolute atomic E-state index is 13.3. The molecule has 0 aliphatic heterocycles. The van der Waals surface area contributed by atoms with Gasteiger partial charge in [0.05, 0.1) is 33.6 Å². The van der Waals surface area contributed by atoms with Gasteiger partial charge >= 0.3 is 12.4 Å². The number of hydrogen-bond donors (Lipinski definition) is 4. The number of nitrogens with one attached hydrogen (secondary N) is 2. The molecule has 0 heterocycles. The second-order valence-electron chi connectivity index (χ2n) is 11.2. The van der Waals surface area contributed by atoms with Crippen molar-refractivity contribution in [3.63, 3.8) is 0 Å². The van der Waals surface area contributed by atoms with Crippen molar-refractivity contribution in [3.05, 3.63) is 136 Å². The summed E-state index contributed by atoms with van der Waals surface area (Å²) < 4.78 is 134. The molecule has 5 aromatic carbocycles. The van der Waals surface area contributed by atoms with Gasteiger partial charge in [-0.15, -0.1) is 0 Å². The predicted molar refractivity (Wildman–Crippen MR) is 193 cm³/mol. The number of ether oxygens (including phenoxy) is 2. The highest BCUT2D eigenvalue weighted by Crippen LogP contribution is 2.39. The second-order valence-corrected chi connectivity index (χ2v) is 14.8. The molecule has 0 bridgehead atoms. The van der Waals surface area contributed by atoms with Crippen LogP contribution < -0.4 is 30.4 Å². The number of amides is 2. The van der Waals surface area contributed by atoms with E-state index in [1.165, 1.54) is 67.8 Å². The van der Waals surface area contributed by atoms with Gasteiger partial charge in [-0.05, 0) is 84.9 Å². The Kier molecular flexibility index (Phi) is 13.1. The molecule has 21 heteroatoms. The fourth-order valence-corrected chi connectivity index (χ4v) is 5.84. The molecule has 0 aliphatic rings. The van der Waals surface area contributed by atoms with Crippen molar-refractivity contribution < 1.29 is 62.2 Å². The molecule has 5 aromatic rings. The van der Waals surface area contributed by atoms with Crippen LogP contribution in [0.25, 0.3) is 0 Å². The average Bonchev–Trinajstić information content (AvgIpc) is 3.11. The van der Waals surface area contributed by atoms with E-state index in [2.05, 4.69) is 10.6 Å². The molecule has 0 fully saturated rings. The number of rotatable bonds is 9. The summed E-state index contributed by atoms with van der Waals surface area (Å²) in [4.78, 5) is 24.4. The van der Waals surface area contributed by atoms with Crippen molar-refractivity contribution in [2.45, 2.75) is 22.1 Å². The number of anilines is 2. The van der Waals surface area contributed by atoms with Gasteiger partial charge in [0.15, 0.2) is 11.5 Å². The number of carbonyl (C=O) groups is 2. The van der Waals surface area contributed by atoms with Crippen LogP contribution in [-0.2, 0) is 32.4 Å². The van der Waals surface area contributed by atoms with E-state index in [0.717, 1.165) is 36.4 Å². The van der Waals surface area contributed by atoms with E-state index in [4.69, 9.17) is 31.4 Å². The van der Waals surface area contributed by atoms with Crippen molar-refractivity contribution in [1.29, 1.82) is 0 Å². The Morgan fingerprint density at radius 1 is 0.607 bits per heavy atom. The molecular formula is C35H27ClF6N4O8S2. The first-order valence-corrected chi connectivity index (χ1v) is 18.7. The zero-order valence-electron chi connectivity index (χ0n) is 28.3. The van der Waals surface area contributed by atoms with Crippen LogP contribution in [0.15, 0.2) is 119 Å². The van der Waals surface area contributed by atoms with Crippen molar-refractivity contribution in [3.8, 4) is 17.2 Å². The Balaban J connectivity index is 0.000000265. The normalized spacial score (nSPS) is 11.8. The zero-order valence-corrected chi connectivity index (χ0v) is 30.7. The van der Waals surface area contributed by atoms with E-state index in [-0.39, 0.29) is 43.8 Å². The monoisotopic (exact) mass is 844 g/mol. The molecule has 0 unspecified atom stereocenters. The third-order valence-electron chi connectivity index (χ3n) is 7.19. The topological polar surface area (TPSA) is 197 Å². The van der Waals surface area contributed by atoms with Gasteiger partial charge in [-0.3, -0.25) is 9.59 Å². The first-order valence-electron chi connectivity index (χ1n) is 15.2. The van der Waals surface area contributed by atoms with Gasteiger partial charge in [0.1, 0.15) is 5.75 Å². The highest BCUT2D eigenvalue weighted by molar-refractivity contribution is 7.89. The van der Waals surface area contributed by atoms with Crippen LogP contribution in [0.2, 0.25) is 5.02 Å². The standard InChI is InChI=1S/C21H16ClF3N2O5S.C14H11F3N2O3S/c1-31-19-10-13(22)6-8-17(19)32-18-9-12(21(23,24)25)5-7-16(18)20(28)27-14-3-2-4-15(11-14)33(26,29)30;15-14(16,17)10-4-1-3-9(7-10)13(20)19-11-5-2-6-12(8-11)23(18,21)22/h2-11H,1H3,(H,27,28)(H2,26,29,30);1-8H,(H,19,20)(H2,18,21,22). The number of methoxy groups -OCH3 is 1. The maximum atomic E-state index is 13.3. The molecule has 0 aromatic heterocycles. The van der Waals surface area contributed by atoms with E-state index in [1.807, 2.05) is 0 Å². The lowest BCUT2D eigenvalue weighted by molar-refractivity contribution is -0.138. The van der Waals surface area contributed by atoms with Gasteiger partial charge in [0.25, 0.3) is 11.8 Å². The molecule has 5 rings (SSSR count). The number of sulfonamides is 2.